The van der Waals surface area contributed by atoms with E-state index in [1.54, 1.807) is 0 Å². The third-order valence-corrected chi connectivity index (χ3v) is 11.3. The Morgan fingerprint density at radius 2 is 0.692 bits per heavy atom. The van der Waals surface area contributed by atoms with E-state index >= 15 is 0 Å². The molecule has 3 aromatic carbocycles. The van der Waals surface area contributed by atoms with Crippen LogP contribution in [0.4, 0.5) is 79.0 Å². The van der Waals surface area contributed by atoms with E-state index in [1.165, 1.54) is 0 Å². The van der Waals surface area contributed by atoms with Gasteiger partial charge in [-0.05, 0) is 25.7 Å². The van der Waals surface area contributed by atoms with Gasteiger partial charge in [0.1, 0.15) is 6.10 Å². The van der Waals surface area contributed by atoms with Crippen LogP contribution in [0.2, 0.25) is 0 Å². The van der Waals surface area contributed by atoms with Gasteiger partial charge in [0, 0.05) is 12.5 Å². The summed E-state index contributed by atoms with van der Waals surface area (Å²) in [5.74, 6) is -53.1. The molecule has 1 aliphatic carbocycles. The molecule has 31 heteroatoms. The maximum atomic E-state index is 14.2. The van der Waals surface area contributed by atoms with Crippen LogP contribution >= 0.6 is 0 Å². The Bertz CT molecular complexity index is 2460. The van der Waals surface area contributed by atoms with Crippen LogP contribution in [0.5, 0.6) is 17.2 Å². The normalized spacial score (nSPS) is 16.5. The second-order valence-electron chi connectivity index (χ2n) is 16.8. The Hall–Kier alpha value is -6.37. The zero-order valence-corrected chi connectivity index (χ0v) is 39.9. The van der Waals surface area contributed by atoms with Crippen molar-refractivity contribution in [2.24, 2.45) is 5.92 Å². The largest absolute Gasteiger partial charge is 0.490 e. The number of rotatable bonds is 28. The van der Waals surface area contributed by atoms with Crippen LogP contribution in [0.15, 0.2) is 0 Å². The molecule has 1 N–H and O–H groups in total. The van der Waals surface area contributed by atoms with Crippen molar-refractivity contribution in [1.82, 2.24) is 5.32 Å². The fourth-order valence-corrected chi connectivity index (χ4v) is 7.37. The molecule has 0 radical (unpaired) electrons. The number of nitrogens with one attached hydrogen (secondary N) is 1. The molecule has 1 aliphatic rings. The smallest absolute Gasteiger partial charge is 0.459 e. The summed E-state index contributed by atoms with van der Waals surface area (Å²) in [5, 5.41) is 2.65. The number of benzene rings is 3. The predicted molar refractivity (Wildman–Crippen MR) is 223 cm³/mol. The van der Waals surface area contributed by atoms with Crippen molar-refractivity contribution >= 4 is 29.8 Å². The summed E-state index contributed by atoms with van der Waals surface area (Å²) in [6, 6.07) is 0. The molecule has 78 heavy (non-hydrogen) atoms. The minimum absolute atomic E-state index is 0.0428. The van der Waals surface area contributed by atoms with Gasteiger partial charge in [0.05, 0.1) is 57.9 Å². The lowest BCUT2D eigenvalue weighted by Gasteiger charge is -2.40. The predicted octanol–water partition coefficient (Wildman–Crippen LogP) is 10.4. The molecule has 2 atom stereocenters. The lowest BCUT2D eigenvalue weighted by Crippen LogP contribution is -2.52. The van der Waals surface area contributed by atoms with Crippen molar-refractivity contribution in [2.45, 2.75) is 114 Å². The molecule has 1 amide bonds. The Morgan fingerprint density at radius 1 is 0.397 bits per heavy atom. The molecule has 0 spiro atoms. The maximum Gasteiger partial charge on any atom is 0.490 e. The highest BCUT2D eigenvalue weighted by Gasteiger charge is 2.44. The number of esters is 4. The van der Waals surface area contributed by atoms with Crippen molar-refractivity contribution in [2.75, 3.05) is 33.0 Å². The number of ether oxygens (including phenoxy) is 7. The summed E-state index contributed by atoms with van der Waals surface area (Å²) in [6.07, 6.45) is -8.80. The van der Waals surface area contributed by atoms with E-state index in [9.17, 15) is 103 Å². The number of halogens is 18. The molecule has 1 saturated carbocycles. The molecule has 4 rings (SSSR count). The van der Waals surface area contributed by atoms with Crippen LogP contribution in [0.1, 0.15) is 89.9 Å². The van der Waals surface area contributed by atoms with Crippen molar-refractivity contribution in [1.29, 1.82) is 0 Å². The maximum absolute atomic E-state index is 14.2. The molecule has 0 aliphatic heterocycles. The lowest BCUT2D eigenvalue weighted by molar-refractivity contribution is -0.199. The molecular formula is C47H43F18NO12. The van der Waals surface area contributed by atoms with E-state index in [-0.39, 0.29) is 13.0 Å². The highest BCUT2D eigenvalue weighted by atomic mass is 19.4. The Morgan fingerprint density at radius 3 is 1.03 bits per heavy atom. The van der Waals surface area contributed by atoms with Gasteiger partial charge in [-0.25, -0.2) is 44.3 Å². The Kier molecular flexibility index (Phi) is 24.3. The Balaban J connectivity index is 1.48. The number of hydrogen-bond donors (Lipinski definition) is 1. The van der Waals surface area contributed by atoms with Gasteiger partial charge in [0.2, 0.25) is 110 Å². The van der Waals surface area contributed by atoms with E-state index < -0.39 is 223 Å². The number of alkyl halides is 3. The number of carbonyl (C=O) groups excluding carboxylic acids is 5. The third kappa shape index (κ3) is 17.3. The van der Waals surface area contributed by atoms with Crippen molar-refractivity contribution in [3.63, 3.8) is 0 Å². The van der Waals surface area contributed by atoms with Gasteiger partial charge in [-0.2, -0.15) is 39.5 Å². The fourth-order valence-electron chi connectivity index (χ4n) is 7.37. The van der Waals surface area contributed by atoms with Crippen LogP contribution in [0.3, 0.4) is 0 Å². The molecule has 434 valence electrons. The summed E-state index contributed by atoms with van der Waals surface area (Å²) < 4.78 is 280. The van der Waals surface area contributed by atoms with E-state index in [4.69, 9.17) is 14.2 Å². The second kappa shape index (κ2) is 29.6. The Labute approximate surface area is 428 Å². The molecule has 0 heterocycles. The van der Waals surface area contributed by atoms with Crippen LogP contribution in [-0.4, -0.2) is 87.2 Å². The standard InChI is InChI=1S/C47H43F18NO12/c48-26-29(51)35(57)42(36(58)30(26)52)76-23(67)10-15-72-21-18-20(45(70)66-13-8-6-4-2-1-3-5-7-9-14-75-46(71)47(63,64)65)19-22(73-16-11-24(68)77-43-37(59)31(53)27(49)32(54)38(43)60)41(21)74-17-12-25(69)78-44-39(61)33(55)28(50)34(56)40(44)62/h20-22,41H,1-19H2,(H,66,70)/t20?,21-,22-,41?/m1/s1. The summed E-state index contributed by atoms with van der Waals surface area (Å²) in [4.78, 5) is 62.2. The highest BCUT2D eigenvalue weighted by molar-refractivity contribution is 5.79. The quantitative estimate of drug-likeness (QED) is 0.0183. The highest BCUT2D eigenvalue weighted by Crippen LogP contribution is 2.35. The number of hydrogen-bond acceptors (Lipinski definition) is 12. The van der Waals surface area contributed by atoms with Gasteiger partial charge < -0.3 is 38.5 Å². The first-order chi connectivity index (χ1) is 36.7. The molecule has 0 bridgehead atoms. The van der Waals surface area contributed by atoms with E-state index in [0.29, 0.717) is 38.5 Å². The molecule has 0 unspecified atom stereocenters. The minimum Gasteiger partial charge on any atom is -0.459 e. The third-order valence-electron chi connectivity index (χ3n) is 11.3. The molecule has 1 fully saturated rings. The minimum atomic E-state index is -5.09. The zero-order chi connectivity index (χ0) is 58.2. The monoisotopic (exact) mass is 1160 g/mol. The van der Waals surface area contributed by atoms with E-state index in [0.717, 1.165) is 12.8 Å². The van der Waals surface area contributed by atoms with Crippen LogP contribution < -0.4 is 19.5 Å². The van der Waals surface area contributed by atoms with Gasteiger partial charge in [0.15, 0.2) is 0 Å². The summed E-state index contributed by atoms with van der Waals surface area (Å²) >= 11 is 0. The fraction of sp³-hybridized carbons (Fsp3) is 0.511. The van der Waals surface area contributed by atoms with Crippen molar-refractivity contribution in [3.05, 3.63) is 87.3 Å². The van der Waals surface area contributed by atoms with E-state index in [2.05, 4.69) is 24.3 Å². The van der Waals surface area contributed by atoms with Crippen molar-refractivity contribution in [3.8, 4) is 17.2 Å². The molecule has 0 aromatic heterocycles. The van der Waals surface area contributed by atoms with Gasteiger partial charge >= 0.3 is 30.1 Å². The first-order valence-electron chi connectivity index (χ1n) is 23.2. The van der Waals surface area contributed by atoms with Crippen LogP contribution in [-0.2, 0) is 42.9 Å². The second-order valence-corrected chi connectivity index (χ2v) is 16.8. The number of carbonyl (C=O) groups is 5. The summed E-state index contributed by atoms with van der Waals surface area (Å²) in [7, 11) is 0. The average Bonchev–Trinajstić information content (AvgIpc) is 3.40. The number of amides is 1. The van der Waals surface area contributed by atoms with E-state index in [1.807, 2.05) is 0 Å². The first kappa shape index (κ1) is 64.2. The number of unbranched alkanes of at least 4 members (excludes halogenated alkanes) is 8. The van der Waals surface area contributed by atoms with Gasteiger partial charge in [0.25, 0.3) is 0 Å². The zero-order valence-electron chi connectivity index (χ0n) is 39.9. The molecular weight excluding hydrogens is 1110 g/mol. The summed E-state index contributed by atoms with van der Waals surface area (Å²) in [6.45, 7) is -3.11. The topological polar surface area (TPSA) is 162 Å². The first-order valence-corrected chi connectivity index (χ1v) is 23.2. The lowest BCUT2D eigenvalue weighted by atomic mass is 9.82. The molecule has 3 aromatic rings. The molecule has 0 saturated heterocycles. The summed E-state index contributed by atoms with van der Waals surface area (Å²) in [5.41, 5.74) is 0. The van der Waals surface area contributed by atoms with Crippen LogP contribution in [0, 0.1) is 93.2 Å². The SMILES string of the molecule is O=C(CCOC1[C@H](OCCC(=O)Oc2c(F)c(F)c(F)c(F)c2F)CC(C(=O)NCCCCCCCCCCCOC(=O)C(F)(F)F)C[C@H]1OCCC(=O)Oc1c(F)c(F)c(F)c(F)c1F)Oc1c(F)c(F)c(F)c(F)c1F. The van der Waals surface area contributed by atoms with Gasteiger partial charge in [-0.3, -0.25) is 19.2 Å². The van der Waals surface area contributed by atoms with Gasteiger partial charge in [-0.15, -0.1) is 0 Å². The average molecular weight is 1160 g/mol. The van der Waals surface area contributed by atoms with Crippen molar-refractivity contribution < 1.29 is 136 Å². The van der Waals surface area contributed by atoms with Crippen LogP contribution in [0.25, 0.3) is 0 Å². The molecule has 13 nitrogen and oxygen atoms in total. The van der Waals surface area contributed by atoms with Gasteiger partial charge in [-0.1, -0.05) is 44.9 Å².